The molecule has 2 aliphatic heterocycles. The number of fused-ring (bicyclic) bond motifs is 1. The first-order chi connectivity index (χ1) is 16.3. The van der Waals surface area contributed by atoms with Crippen molar-refractivity contribution in [2.45, 2.75) is 63.3 Å². The number of carbonyl (C=O) groups is 2. The number of hydrogen-bond acceptors (Lipinski definition) is 4. The third kappa shape index (κ3) is 5.35. The van der Waals surface area contributed by atoms with Gasteiger partial charge in [0.25, 0.3) is 0 Å². The first kappa shape index (κ1) is 24.5. The maximum atomic E-state index is 13.0. The van der Waals surface area contributed by atoms with Crippen LogP contribution in [0.1, 0.15) is 50.7 Å². The van der Waals surface area contributed by atoms with Crippen molar-refractivity contribution < 1.29 is 18.0 Å². The summed E-state index contributed by atoms with van der Waals surface area (Å²) < 4.78 is 26.0. The zero-order valence-electron chi connectivity index (χ0n) is 20.1. The van der Waals surface area contributed by atoms with Crippen LogP contribution in [-0.4, -0.2) is 50.0 Å². The molecule has 1 fully saturated rings. The molecule has 1 atom stereocenters. The molecule has 2 aliphatic rings. The molecule has 4 rings (SSSR count). The largest absolute Gasteiger partial charge is 0.343 e. The standard InChI is InChI=1S/C27H34N2O4S/c1-3-26(30)29-20(2)17-23-19-24(9-10-25(23)29)34(32,33)16-13-27(31)28-14-11-22(12-15-28)18-21-7-5-4-6-8-21/h4-10,19-20,22H,3,11-18H2,1-2H3/t20-/m0/s1. The van der Waals surface area contributed by atoms with Gasteiger partial charge in [-0.25, -0.2) is 8.42 Å². The molecule has 6 nitrogen and oxygen atoms in total. The molecule has 0 saturated carbocycles. The molecule has 0 bridgehead atoms. The fourth-order valence-corrected chi connectivity index (χ4v) is 6.46. The Kier molecular flexibility index (Phi) is 7.41. The Bertz CT molecular complexity index is 1140. The van der Waals surface area contributed by atoms with Crippen LogP contribution in [-0.2, 0) is 32.3 Å². The molecule has 2 aromatic carbocycles. The van der Waals surface area contributed by atoms with E-state index in [0.717, 1.165) is 30.5 Å². The second-order valence-electron chi connectivity index (χ2n) is 9.54. The van der Waals surface area contributed by atoms with Gasteiger partial charge in [0.05, 0.1) is 10.6 Å². The van der Waals surface area contributed by atoms with Crippen molar-refractivity contribution in [3.05, 3.63) is 59.7 Å². The van der Waals surface area contributed by atoms with Crippen LogP contribution in [0.5, 0.6) is 0 Å². The Morgan fingerprint density at radius 3 is 2.38 bits per heavy atom. The van der Waals surface area contributed by atoms with Crippen molar-refractivity contribution in [2.75, 3.05) is 23.7 Å². The Hall–Kier alpha value is -2.67. The third-order valence-electron chi connectivity index (χ3n) is 7.12. The predicted molar refractivity (Wildman–Crippen MR) is 134 cm³/mol. The molecule has 1 saturated heterocycles. The van der Waals surface area contributed by atoms with Gasteiger partial charge >= 0.3 is 0 Å². The molecule has 182 valence electrons. The lowest BCUT2D eigenvalue weighted by Gasteiger charge is -2.32. The number of anilines is 1. The number of sulfone groups is 1. The van der Waals surface area contributed by atoms with E-state index in [1.165, 1.54) is 5.56 Å². The number of hydrogen-bond donors (Lipinski definition) is 0. The molecular formula is C27H34N2O4S. The molecule has 34 heavy (non-hydrogen) atoms. The first-order valence-corrected chi connectivity index (χ1v) is 13.9. The number of nitrogens with zero attached hydrogens (tertiary/aromatic N) is 2. The van der Waals surface area contributed by atoms with Gasteiger partial charge in [0.2, 0.25) is 11.8 Å². The highest BCUT2D eigenvalue weighted by molar-refractivity contribution is 7.91. The molecule has 0 unspecified atom stereocenters. The highest BCUT2D eigenvalue weighted by atomic mass is 32.2. The molecular weight excluding hydrogens is 448 g/mol. The number of carbonyl (C=O) groups excluding carboxylic acids is 2. The maximum absolute atomic E-state index is 13.0. The molecule has 0 radical (unpaired) electrons. The molecule has 0 aliphatic carbocycles. The molecule has 0 aromatic heterocycles. The Morgan fingerprint density at radius 1 is 1.00 bits per heavy atom. The third-order valence-corrected chi connectivity index (χ3v) is 8.83. The van der Waals surface area contributed by atoms with Crippen LogP contribution in [0.25, 0.3) is 0 Å². The van der Waals surface area contributed by atoms with Crippen molar-refractivity contribution in [1.82, 2.24) is 4.90 Å². The van der Waals surface area contributed by atoms with Gasteiger partial charge in [-0.15, -0.1) is 0 Å². The second kappa shape index (κ2) is 10.3. The van der Waals surface area contributed by atoms with Crippen LogP contribution in [0.4, 0.5) is 5.69 Å². The average molecular weight is 483 g/mol. The van der Waals surface area contributed by atoms with Crippen molar-refractivity contribution >= 4 is 27.3 Å². The number of rotatable bonds is 7. The van der Waals surface area contributed by atoms with Gasteiger partial charge < -0.3 is 9.80 Å². The van der Waals surface area contributed by atoms with Gasteiger partial charge in [0, 0.05) is 37.7 Å². The lowest BCUT2D eigenvalue weighted by molar-refractivity contribution is -0.132. The average Bonchev–Trinajstić information content (AvgIpc) is 3.18. The van der Waals surface area contributed by atoms with Crippen molar-refractivity contribution in [3.63, 3.8) is 0 Å². The summed E-state index contributed by atoms with van der Waals surface area (Å²) in [6.07, 6.45) is 3.97. The first-order valence-electron chi connectivity index (χ1n) is 12.3. The molecule has 0 spiro atoms. The highest BCUT2D eigenvalue weighted by Crippen LogP contribution is 2.34. The van der Waals surface area contributed by atoms with Crippen molar-refractivity contribution in [2.24, 2.45) is 5.92 Å². The second-order valence-corrected chi connectivity index (χ2v) is 11.7. The van der Waals surface area contributed by atoms with Gasteiger partial charge in [-0.2, -0.15) is 0 Å². The Morgan fingerprint density at radius 2 is 1.71 bits per heavy atom. The monoisotopic (exact) mass is 482 g/mol. The number of likely N-dealkylation sites (tertiary alicyclic amines) is 1. The van der Waals surface area contributed by atoms with Crippen LogP contribution < -0.4 is 4.90 Å². The van der Waals surface area contributed by atoms with E-state index in [-0.39, 0.29) is 34.9 Å². The predicted octanol–water partition coefficient (Wildman–Crippen LogP) is 4.02. The molecule has 7 heteroatoms. The van der Waals surface area contributed by atoms with Gasteiger partial charge in [-0.3, -0.25) is 9.59 Å². The quantitative estimate of drug-likeness (QED) is 0.597. The summed E-state index contributed by atoms with van der Waals surface area (Å²) in [4.78, 5) is 28.8. The highest BCUT2D eigenvalue weighted by Gasteiger charge is 2.31. The maximum Gasteiger partial charge on any atom is 0.226 e. The van der Waals surface area contributed by atoms with E-state index in [9.17, 15) is 18.0 Å². The molecule has 2 aromatic rings. The number of piperidine rings is 1. The summed E-state index contributed by atoms with van der Waals surface area (Å²) in [5, 5.41) is 0. The van der Waals surface area contributed by atoms with Crippen LogP contribution in [0, 0.1) is 5.92 Å². The number of amides is 2. The van der Waals surface area contributed by atoms with Gasteiger partial charge in [0.15, 0.2) is 9.84 Å². The minimum absolute atomic E-state index is 0.000379. The van der Waals surface area contributed by atoms with E-state index in [1.807, 2.05) is 24.8 Å². The molecule has 2 heterocycles. The van der Waals surface area contributed by atoms with Crippen LogP contribution in [0.2, 0.25) is 0 Å². The fraction of sp³-hybridized carbons (Fsp3) is 0.481. The molecule has 0 N–H and O–H groups in total. The van der Waals surface area contributed by atoms with Gasteiger partial charge in [-0.1, -0.05) is 37.3 Å². The Balaban J connectivity index is 1.32. The fourth-order valence-electron chi connectivity index (χ4n) is 5.18. The topological polar surface area (TPSA) is 74.8 Å². The van der Waals surface area contributed by atoms with E-state index in [4.69, 9.17) is 0 Å². The van der Waals surface area contributed by atoms with Gasteiger partial charge in [-0.05, 0) is 67.9 Å². The van der Waals surface area contributed by atoms with E-state index in [0.29, 0.717) is 31.8 Å². The van der Waals surface area contributed by atoms with Gasteiger partial charge in [0.1, 0.15) is 0 Å². The van der Waals surface area contributed by atoms with Crippen molar-refractivity contribution in [3.8, 4) is 0 Å². The SMILES string of the molecule is CCC(=O)N1c2ccc(S(=O)(=O)CCC(=O)N3CCC(Cc4ccccc4)CC3)cc2C[C@@H]1C. The van der Waals surface area contributed by atoms with Crippen LogP contribution in [0.15, 0.2) is 53.4 Å². The summed E-state index contributed by atoms with van der Waals surface area (Å²) in [5.74, 6) is 0.321. The number of benzene rings is 2. The minimum Gasteiger partial charge on any atom is -0.343 e. The van der Waals surface area contributed by atoms with Crippen LogP contribution >= 0.6 is 0 Å². The van der Waals surface area contributed by atoms with E-state index >= 15 is 0 Å². The minimum atomic E-state index is -3.58. The van der Waals surface area contributed by atoms with E-state index < -0.39 is 9.84 Å². The van der Waals surface area contributed by atoms with Crippen LogP contribution in [0.3, 0.4) is 0 Å². The zero-order chi connectivity index (χ0) is 24.3. The van der Waals surface area contributed by atoms with E-state index in [1.54, 1.807) is 23.1 Å². The summed E-state index contributed by atoms with van der Waals surface area (Å²) in [6, 6.07) is 15.4. The summed E-state index contributed by atoms with van der Waals surface area (Å²) >= 11 is 0. The summed E-state index contributed by atoms with van der Waals surface area (Å²) in [7, 11) is -3.58. The van der Waals surface area contributed by atoms with Crippen molar-refractivity contribution in [1.29, 1.82) is 0 Å². The summed E-state index contributed by atoms with van der Waals surface area (Å²) in [6.45, 7) is 5.18. The molecule has 2 amide bonds. The smallest absolute Gasteiger partial charge is 0.226 e. The van der Waals surface area contributed by atoms with E-state index in [2.05, 4.69) is 24.3 Å². The normalized spacial score (nSPS) is 18.7. The zero-order valence-corrected chi connectivity index (χ0v) is 20.9. The lowest BCUT2D eigenvalue weighted by Crippen LogP contribution is -2.39. The lowest BCUT2D eigenvalue weighted by atomic mass is 9.90. The summed E-state index contributed by atoms with van der Waals surface area (Å²) in [5.41, 5.74) is 3.00. The Labute approximate surface area is 202 Å².